The van der Waals surface area contributed by atoms with Crippen LogP contribution in [0.5, 0.6) is 0 Å². The number of rotatable bonds is 5. The predicted molar refractivity (Wildman–Crippen MR) is 82.0 cm³/mol. The molecule has 2 rings (SSSR count). The van der Waals surface area contributed by atoms with Crippen molar-refractivity contribution in [2.75, 3.05) is 26.3 Å². The van der Waals surface area contributed by atoms with E-state index in [2.05, 4.69) is 17.2 Å². The minimum Gasteiger partial charge on any atom is -0.378 e. The van der Waals surface area contributed by atoms with E-state index in [0.29, 0.717) is 26.3 Å². The number of hydrogen-bond acceptors (Lipinski definition) is 4. The summed E-state index contributed by atoms with van der Waals surface area (Å²) in [6.07, 6.45) is 6.24. The molecule has 2 amide bonds. The summed E-state index contributed by atoms with van der Waals surface area (Å²) in [7, 11) is 0. The molecule has 0 unspecified atom stereocenters. The molecule has 1 atom stereocenters. The van der Waals surface area contributed by atoms with Crippen LogP contribution in [0.25, 0.3) is 0 Å². The van der Waals surface area contributed by atoms with E-state index >= 15 is 0 Å². The molecule has 6 heteroatoms. The Morgan fingerprint density at radius 2 is 2.18 bits per heavy atom. The first-order valence-electron chi connectivity index (χ1n) is 7.79. The molecule has 0 spiro atoms. The Hall–Kier alpha value is -1.95. The van der Waals surface area contributed by atoms with Crippen molar-refractivity contribution < 1.29 is 14.3 Å². The van der Waals surface area contributed by atoms with Gasteiger partial charge in [0.1, 0.15) is 0 Å². The van der Waals surface area contributed by atoms with Crippen LogP contribution < -0.4 is 5.32 Å². The van der Waals surface area contributed by atoms with Gasteiger partial charge in [-0.15, -0.1) is 0 Å². The average molecular weight is 305 g/mol. The van der Waals surface area contributed by atoms with Gasteiger partial charge in [-0.1, -0.05) is 25.8 Å². The van der Waals surface area contributed by atoms with Gasteiger partial charge in [0.2, 0.25) is 0 Å². The molecule has 0 aliphatic carbocycles. The minimum absolute atomic E-state index is 0.175. The second-order valence-electron chi connectivity index (χ2n) is 5.36. The van der Waals surface area contributed by atoms with E-state index < -0.39 is 11.8 Å². The summed E-state index contributed by atoms with van der Waals surface area (Å²) in [6.45, 7) is 4.01. The molecule has 6 nitrogen and oxygen atoms in total. The Morgan fingerprint density at radius 3 is 2.82 bits per heavy atom. The fourth-order valence-electron chi connectivity index (χ4n) is 2.44. The van der Waals surface area contributed by atoms with Gasteiger partial charge in [0, 0.05) is 25.5 Å². The first-order valence-corrected chi connectivity index (χ1v) is 7.79. The highest BCUT2D eigenvalue weighted by molar-refractivity contribution is 6.35. The summed E-state index contributed by atoms with van der Waals surface area (Å²) in [6, 6.07) is 3.59. The molecular weight excluding hydrogens is 282 g/mol. The lowest BCUT2D eigenvalue weighted by atomic mass is 10.0. The molecule has 1 N–H and O–H groups in total. The number of amides is 2. The van der Waals surface area contributed by atoms with E-state index in [0.717, 1.165) is 24.8 Å². The van der Waals surface area contributed by atoms with Crippen LogP contribution in [0.3, 0.4) is 0 Å². The Morgan fingerprint density at radius 1 is 1.41 bits per heavy atom. The molecule has 0 radical (unpaired) electrons. The molecule has 0 bridgehead atoms. The molecular formula is C16H23N3O3. The number of hydrogen-bond donors (Lipinski definition) is 1. The highest BCUT2D eigenvalue weighted by atomic mass is 16.5. The van der Waals surface area contributed by atoms with Crippen molar-refractivity contribution in [3.8, 4) is 0 Å². The van der Waals surface area contributed by atoms with Crippen molar-refractivity contribution in [3.63, 3.8) is 0 Å². The largest absolute Gasteiger partial charge is 0.378 e. The lowest BCUT2D eigenvalue weighted by Crippen LogP contribution is -2.48. The first-order chi connectivity index (χ1) is 10.7. The maximum Gasteiger partial charge on any atom is 0.312 e. The highest BCUT2D eigenvalue weighted by Crippen LogP contribution is 2.18. The number of ether oxygens (including phenoxy) is 1. The third-order valence-electron chi connectivity index (χ3n) is 3.73. The van der Waals surface area contributed by atoms with Crippen molar-refractivity contribution in [1.82, 2.24) is 15.2 Å². The Labute approximate surface area is 130 Å². The smallest absolute Gasteiger partial charge is 0.312 e. The van der Waals surface area contributed by atoms with E-state index in [-0.39, 0.29) is 6.04 Å². The van der Waals surface area contributed by atoms with Crippen molar-refractivity contribution in [1.29, 1.82) is 0 Å². The summed E-state index contributed by atoms with van der Waals surface area (Å²) >= 11 is 0. The number of nitrogens with zero attached hydrogens (tertiary/aromatic N) is 2. The highest BCUT2D eigenvalue weighted by Gasteiger charge is 2.26. The molecule has 1 aromatic heterocycles. The van der Waals surface area contributed by atoms with Crippen LogP contribution in [-0.4, -0.2) is 48.0 Å². The van der Waals surface area contributed by atoms with E-state index in [4.69, 9.17) is 4.74 Å². The lowest BCUT2D eigenvalue weighted by Gasteiger charge is -2.27. The van der Waals surface area contributed by atoms with Crippen LogP contribution >= 0.6 is 0 Å². The van der Waals surface area contributed by atoms with Gasteiger partial charge in [0.05, 0.1) is 19.3 Å². The van der Waals surface area contributed by atoms with E-state index in [1.54, 1.807) is 17.3 Å². The van der Waals surface area contributed by atoms with Crippen LogP contribution in [0.1, 0.15) is 37.8 Å². The Kier molecular flexibility index (Phi) is 6.33. The van der Waals surface area contributed by atoms with Crippen LogP contribution in [0, 0.1) is 0 Å². The van der Waals surface area contributed by atoms with Gasteiger partial charge in [-0.25, -0.2) is 0 Å². The Bertz CT molecular complexity index is 487. The maximum absolute atomic E-state index is 12.2. The first kappa shape index (κ1) is 16.4. The fourth-order valence-corrected chi connectivity index (χ4v) is 2.44. The van der Waals surface area contributed by atoms with Gasteiger partial charge in [0.15, 0.2) is 0 Å². The fraction of sp³-hybridized carbons (Fsp3) is 0.562. The van der Waals surface area contributed by atoms with Gasteiger partial charge in [0.25, 0.3) is 0 Å². The lowest BCUT2D eigenvalue weighted by molar-refractivity contribution is -0.148. The Balaban J connectivity index is 1.99. The second kappa shape index (κ2) is 8.48. The van der Waals surface area contributed by atoms with Crippen LogP contribution in [-0.2, 0) is 14.3 Å². The number of aromatic nitrogens is 1. The summed E-state index contributed by atoms with van der Waals surface area (Å²) in [5.41, 5.74) is 0.930. The maximum atomic E-state index is 12.2. The van der Waals surface area contributed by atoms with Crippen LogP contribution in [0.15, 0.2) is 24.5 Å². The molecule has 1 fully saturated rings. The zero-order valence-corrected chi connectivity index (χ0v) is 13.0. The van der Waals surface area contributed by atoms with Gasteiger partial charge < -0.3 is 15.0 Å². The zero-order chi connectivity index (χ0) is 15.8. The standard InChI is InChI=1S/C16H23N3O3/c1-2-3-6-14(13-5-4-7-17-12-13)18-15(20)16(21)19-8-10-22-11-9-19/h4-5,7,12,14H,2-3,6,8-11H2,1H3,(H,18,20)/t14-/m0/s1. The summed E-state index contributed by atoms with van der Waals surface area (Å²) < 4.78 is 5.20. The van der Waals surface area contributed by atoms with Crippen molar-refractivity contribution in [2.45, 2.75) is 32.2 Å². The summed E-state index contributed by atoms with van der Waals surface area (Å²) in [5, 5.41) is 2.85. The molecule has 1 saturated heterocycles. The number of unbranched alkanes of at least 4 members (excludes halogenated alkanes) is 1. The summed E-state index contributed by atoms with van der Waals surface area (Å²) in [5.74, 6) is -1.03. The number of pyridine rings is 1. The van der Waals surface area contributed by atoms with E-state index in [9.17, 15) is 9.59 Å². The minimum atomic E-state index is -0.549. The van der Waals surface area contributed by atoms with Crippen molar-refractivity contribution in [2.24, 2.45) is 0 Å². The average Bonchev–Trinajstić information content (AvgIpc) is 2.59. The molecule has 2 heterocycles. The van der Waals surface area contributed by atoms with E-state index in [1.165, 1.54) is 0 Å². The molecule has 22 heavy (non-hydrogen) atoms. The topological polar surface area (TPSA) is 71.5 Å². The second-order valence-corrected chi connectivity index (χ2v) is 5.36. The SMILES string of the molecule is CCCC[C@H](NC(=O)C(=O)N1CCOCC1)c1cccnc1. The number of carbonyl (C=O) groups is 2. The number of morpholine rings is 1. The van der Waals surface area contributed by atoms with Crippen LogP contribution in [0.4, 0.5) is 0 Å². The predicted octanol–water partition coefficient (Wildman–Crippen LogP) is 1.29. The zero-order valence-electron chi connectivity index (χ0n) is 13.0. The van der Waals surface area contributed by atoms with Crippen molar-refractivity contribution in [3.05, 3.63) is 30.1 Å². The molecule has 120 valence electrons. The number of nitrogens with one attached hydrogen (secondary N) is 1. The quantitative estimate of drug-likeness (QED) is 0.832. The third kappa shape index (κ3) is 4.53. The third-order valence-corrected chi connectivity index (χ3v) is 3.73. The van der Waals surface area contributed by atoms with Gasteiger partial charge in [-0.3, -0.25) is 14.6 Å². The summed E-state index contributed by atoms with van der Waals surface area (Å²) in [4.78, 5) is 30.0. The van der Waals surface area contributed by atoms with Crippen molar-refractivity contribution >= 4 is 11.8 Å². The molecule has 0 aromatic carbocycles. The van der Waals surface area contributed by atoms with Gasteiger partial charge in [-0.05, 0) is 18.1 Å². The van der Waals surface area contributed by atoms with E-state index in [1.807, 2.05) is 12.1 Å². The molecule has 1 aliphatic rings. The number of carbonyl (C=O) groups excluding carboxylic acids is 2. The molecule has 1 aromatic rings. The monoisotopic (exact) mass is 305 g/mol. The molecule has 1 aliphatic heterocycles. The van der Waals surface area contributed by atoms with Gasteiger partial charge in [-0.2, -0.15) is 0 Å². The van der Waals surface area contributed by atoms with Crippen LogP contribution in [0.2, 0.25) is 0 Å². The normalized spacial score (nSPS) is 16.1. The molecule has 0 saturated carbocycles. The van der Waals surface area contributed by atoms with Gasteiger partial charge >= 0.3 is 11.8 Å².